The summed E-state index contributed by atoms with van der Waals surface area (Å²) < 4.78 is 11.4. The van der Waals surface area contributed by atoms with Crippen LogP contribution in [0, 0.1) is 0 Å². The number of ether oxygens (including phenoxy) is 2. The number of hydrogen-bond acceptors (Lipinski definition) is 2. The Morgan fingerprint density at radius 2 is 2.08 bits per heavy atom. The molecular weight excluding hydrogens is 164 g/mol. The maximum absolute atomic E-state index is 5.76. The first-order valence-corrected chi connectivity index (χ1v) is 5.07. The molecule has 1 aliphatic rings. The summed E-state index contributed by atoms with van der Waals surface area (Å²) in [6, 6.07) is 0. The first-order valence-electron chi connectivity index (χ1n) is 5.07. The second kappa shape index (κ2) is 4.25. The Balaban J connectivity index is 2.48. The molecule has 2 nitrogen and oxygen atoms in total. The van der Waals surface area contributed by atoms with Gasteiger partial charge in [-0.25, -0.2) is 0 Å². The van der Waals surface area contributed by atoms with Crippen LogP contribution in [0.25, 0.3) is 0 Å². The lowest BCUT2D eigenvalue weighted by Gasteiger charge is -2.16. The van der Waals surface area contributed by atoms with Gasteiger partial charge in [-0.3, -0.25) is 0 Å². The summed E-state index contributed by atoms with van der Waals surface area (Å²) in [5.41, 5.74) is 0. The summed E-state index contributed by atoms with van der Waals surface area (Å²) in [5.74, 6) is -0.433. The molecule has 13 heavy (non-hydrogen) atoms. The van der Waals surface area contributed by atoms with E-state index in [2.05, 4.69) is 13.5 Å². The van der Waals surface area contributed by atoms with Gasteiger partial charge in [0.05, 0.1) is 6.10 Å². The normalized spacial score (nSPS) is 31.9. The van der Waals surface area contributed by atoms with Crippen LogP contribution in [-0.2, 0) is 9.47 Å². The minimum Gasteiger partial charge on any atom is -0.344 e. The van der Waals surface area contributed by atoms with Gasteiger partial charge in [-0.1, -0.05) is 25.8 Å². The number of unbranched alkanes of at least 4 members (excludes halogenated alkanes) is 1. The molecule has 0 aliphatic carbocycles. The Kier molecular flexibility index (Phi) is 3.51. The average molecular weight is 184 g/mol. The van der Waals surface area contributed by atoms with Crippen LogP contribution in [0.2, 0.25) is 0 Å². The molecule has 1 aliphatic heterocycles. The highest BCUT2D eigenvalue weighted by molar-refractivity contribution is 4.92. The van der Waals surface area contributed by atoms with Crippen molar-refractivity contribution < 1.29 is 9.47 Å². The largest absolute Gasteiger partial charge is 0.344 e. The zero-order valence-electron chi connectivity index (χ0n) is 8.88. The van der Waals surface area contributed by atoms with Crippen LogP contribution in [0.5, 0.6) is 0 Å². The standard InChI is InChI=1S/C11H20O2/c1-5-7-8-10-9(6-2)12-11(3,4)13-10/h6,9-10H,2,5,7-8H2,1,3-4H3. The predicted octanol–water partition coefficient (Wildman–Crippen LogP) is 2.88. The molecule has 1 fully saturated rings. The molecule has 0 amide bonds. The van der Waals surface area contributed by atoms with Crippen LogP contribution >= 0.6 is 0 Å². The zero-order chi connectivity index (χ0) is 9.90. The minimum atomic E-state index is -0.433. The van der Waals surface area contributed by atoms with Gasteiger partial charge in [0.1, 0.15) is 6.10 Å². The molecule has 0 N–H and O–H groups in total. The van der Waals surface area contributed by atoms with Crippen molar-refractivity contribution in [1.29, 1.82) is 0 Å². The first-order chi connectivity index (χ1) is 6.09. The maximum atomic E-state index is 5.76. The Morgan fingerprint density at radius 1 is 1.38 bits per heavy atom. The second-order valence-electron chi connectivity index (χ2n) is 4.02. The molecule has 2 heteroatoms. The van der Waals surface area contributed by atoms with Gasteiger partial charge in [0.25, 0.3) is 0 Å². The van der Waals surface area contributed by atoms with Crippen molar-refractivity contribution in [2.24, 2.45) is 0 Å². The van der Waals surface area contributed by atoms with Crippen molar-refractivity contribution in [1.82, 2.24) is 0 Å². The summed E-state index contributed by atoms with van der Waals surface area (Å²) in [4.78, 5) is 0. The topological polar surface area (TPSA) is 18.5 Å². The summed E-state index contributed by atoms with van der Waals surface area (Å²) in [5, 5.41) is 0. The van der Waals surface area contributed by atoms with Gasteiger partial charge >= 0.3 is 0 Å². The van der Waals surface area contributed by atoms with Gasteiger partial charge in [0, 0.05) is 0 Å². The van der Waals surface area contributed by atoms with E-state index in [9.17, 15) is 0 Å². The smallest absolute Gasteiger partial charge is 0.164 e. The Labute approximate surface area is 80.9 Å². The molecule has 2 unspecified atom stereocenters. The molecule has 76 valence electrons. The molecule has 0 bridgehead atoms. The van der Waals surface area contributed by atoms with Crippen LogP contribution in [-0.4, -0.2) is 18.0 Å². The van der Waals surface area contributed by atoms with Gasteiger partial charge in [0.15, 0.2) is 5.79 Å². The summed E-state index contributed by atoms with van der Waals surface area (Å²) >= 11 is 0. The highest BCUT2D eigenvalue weighted by atomic mass is 16.7. The molecule has 2 atom stereocenters. The lowest BCUT2D eigenvalue weighted by Crippen LogP contribution is -2.21. The average Bonchev–Trinajstić information content (AvgIpc) is 2.37. The molecule has 1 saturated heterocycles. The van der Waals surface area contributed by atoms with Crippen molar-refractivity contribution in [3.05, 3.63) is 12.7 Å². The van der Waals surface area contributed by atoms with E-state index in [0.717, 1.165) is 6.42 Å². The molecule has 0 aromatic heterocycles. The molecule has 1 rings (SSSR count). The van der Waals surface area contributed by atoms with Crippen LogP contribution in [0.4, 0.5) is 0 Å². The Bertz CT molecular complexity index is 175. The lowest BCUT2D eigenvalue weighted by molar-refractivity contribution is -0.143. The van der Waals surface area contributed by atoms with Crippen molar-refractivity contribution >= 4 is 0 Å². The van der Waals surface area contributed by atoms with Gasteiger partial charge in [0.2, 0.25) is 0 Å². The van der Waals surface area contributed by atoms with Gasteiger partial charge in [-0.05, 0) is 20.3 Å². The van der Waals surface area contributed by atoms with Crippen molar-refractivity contribution in [2.45, 2.75) is 58.0 Å². The molecule has 1 heterocycles. The summed E-state index contributed by atoms with van der Waals surface area (Å²) in [7, 11) is 0. The quantitative estimate of drug-likeness (QED) is 0.625. The molecule has 0 radical (unpaired) electrons. The van der Waals surface area contributed by atoms with E-state index in [4.69, 9.17) is 9.47 Å². The third-order valence-corrected chi connectivity index (χ3v) is 2.30. The highest BCUT2D eigenvalue weighted by Crippen LogP contribution is 2.31. The van der Waals surface area contributed by atoms with Crippen LogP contribution in [0.3, 0.4) is 0 Å². The third-order valence-electron chi connectivity index (χ3n) is 2.30. The molecule has 0 spiro atoms. The summed E-state index contributed by atoms with van der Waals surface area (Å²) in [6.07, 6.45) is 5.57. The van der Waals surface area contributed by atoms with Crippen LogP contribution < -0.4 is 0 Å². The molecular formula is C11H20O2. The number of hydrogen-bond donors (Lipinski definition) is 0. The maximum Gasteiger partial charge on any atom is 0.164 e. The van der Waals surface area contributed by atoms with E-state index in [1.54, 1.807) is 0 Å². The third kappa shape index (κ3) is 2.82. The number of rotatable bonds is 4. The lowest BCUT2D eigenvalue weighted by atomic mass is 10.1. The van der Waals surface area contributed by atoms with Crippen molar-refractivity contribution in [2.75, 3.05) is 0 Å². The van der Waals surface area contributed by atoms with E-state index >= 15 is 0 Å². The summed E-state index contributed by atoms with van der Waals surface area (Å²) in [6.45, 7) is 9.85. The van der Waals surface area contributed by atoms with Crippen molar-refractivity contribution in [3.8, 4) is 0 Å². The van der Waals surface area contributed by atoms with E-state index < -0.39 is 5.79 Å². The minimum absolute atomic E-state index is 0.0709. The van der Waals surface area contributed by atoms with Gasteiger partial charge in [-0.15, -0.1) is 6.58 Å². The fraction of sp³-hybridized carbons (Fsp3) is 0.818. The molecule has 0 aromatic carbocycles. The molecule has 0 saturated carbocycles. The van der Waals surface area contributed by atoms with E-state index in [0.29, 0.717) is 0 Å². The monoisotopic (exact) mass is 184 g/mol. The highest BCUT2D eigenvalue weighted by Gasteiger charge is 2.38. The molecule has 0 aromatic rings. The SMILES string of the molecule is C=CC1OC(C)(C)OC1CCCC. The Hall–Kier alpha value is -0.340. The fourth-order valence-electron chi connectivity index (χ4n) is 1.69. The van der Waals surface area contributed by atoms with E-state index in [1.165, 1.54) is 12.8 Å². The fourth-order valence-corrected chi connectivity index (χ4v) is 1.69. The van der Waals surface area contributed by atoms with Gasteiger partial charge in [-0.2, -0.15) is 0 Å². The zero-order valence-corrected chi connectivity index (χ0v) is 8.88. The van der Waals surface area contributed by atoms with Crippen LogP contribution in [0.1, 0.15) is 40.0 Å². The van der Waals surface area contributed by atoms with E-state index in [-0.39, 0.29) is 12.2 Å². The van der Waals surface area contributed by atoms with Gasteiger partial charge < -0.3 is 9.47 Å². The predicted molar refractivity (Wildman–Crippen MR) is 53.5 cm³/mol. The second-order valence-corrected chi connectivity index (χ2v) is 4.02. The first kappa shape index (κ1) is 10.7. The van der Waals surface area contributed by atoms with Crippen molar-refractivity contribution in [3.63, 3.8) is 0 Å². The van der Waals surface area contributed by atoms with E-state index in [1.807, 2.05) is 19.9 Å². The van der Waals surface area contributed by atoms with Crippen LogP contribution in [0.15, 0.2) is 12.7 Å². The Morgan fingerprint density at radius 3 is 2.62 bits per heavy atom.